The Labute approximate surface area is 142 Å². The molecule has 1 saturated heterocycles. The smallest absolute Gasteiger partial charge is 0.277 e. The lowest BCUT2D eigenvalue weighted by Gasteiger charge is -2.20. The minimum absolute atomic E-state index is 0.00381. The van der Waals surface area contributed by atoms with Gasteiger partial charge in [-0.25, -0.2) is 8.78 Å². The van der Waals surface area contributed by atoms with Crippen molar-refractivity contribution in [3.05, 3.63) is 28.8 Å². The maximum atomic E-state index is 14.0. The Kier molecular flexibility index (Phi) is 4.55. The third-order valence-corrected chi connectivity index (χ3v) is 4.08. The molecule has 0 aliphatic carbocycles. The minimum Gasteiger partial charge on any atom is -0.423 e. The van der Waals surface area contributed by atoms with Crippen LogP contribution in [0.1, 0.15) is 53.0 Å². The highest BCUT2D eigenvalue weighted by Crippen LogP contribution is 2.41. The molecule has 2 aromatic rings. The van der Waals surface area contributed by atoms with Crippen molar-refractivity contribution in [1.29, 1.82) is 0 Å². The van der Waals surface area contributed by atoms with Gasteiger partial charge < -0.3 is 18.6 Å². The number of alkyl halides is 2. The molecule has 1 fully saturated rings. The first-order chi connectivity index (χ1) is 11.9. The molecule has 0 radical (unpaired) electrons. The number of hydrogen-bond donors (Lipinski definition) is 0. The molecule has 0 N–H and O–H groups in total. The van der Waals surface area contributed by atoms with E-state index in [2.05, 4.69) is 15.4 Å². The highest BCUT2D eigenvalue weighted by atomic mass is 19.3. The van der Waals surface area contributed by atoms with Crippen molar-refractivity contribution >= 4 is 5.91 Å². The fourth-order valence-electron chi connectivity index (χ4n) is 2.80. The van der Waals surface area contributed by atoms with E-state index in [4.69, 9.17) is 13.7 Å². The number of aromatic nitrogens is 3. The summed E-state index contributed by atoms with van der Waals surface area (Å²) < 4.78 is 43.4. The summed E-state index contributed by atoms with van der Waals surface area (Å²) in [6, 6.07) is -1.01. The van der Waals surface area contributed by atoms with Gasteiger partial charge >= 0.3 is 0 Å². The quantitative estimate of drug-likeness (QED) is 0.811. The molecule has 0 saturated carbocycles. The molecule has 0 spiro atoms. The molecule has 0 unspecified atom stereocenters. The van der Waals surface area contributed by atoms with Crippen molar-refractivity contribution < 1.29 is 27.3 Å². The van der Waals surface area contributed by atoms with Crippen molar-refractivity contribution in [3.63, 3.8) is 0 Å². The van der Waals surface area contributed by atoms with Crippen LogP contribution < -0.4 is 0 Å². The number of hydrogen-bond acceptors (Lipinski definition) is 7. The van der Waals surface area contributed by atoms with Crippen LogP contribution in [0.15, 0.2) is 8.94 Å². The second kappa shape index (κ2) is 6.51. The average molecular weight is 356 g/mol. The summed E-state index contributed by atoms with van der Waals surface area (Å²) in [5.74, 6) is -3.01. The van der Waals surface area contributed by atoms with Crippen molar-refractivity contribution in [1.82, 2.24) is 20.3 Å². The van der Waals surface area contributed by atoms with E-state index in [0.717, 1.165) is 4.90 Å². The largest absolute Gasteiger partial charge is 0.423 e. The second-order valence-electron chi connectivity index (χ2n) is 5.90. The number of halogens is 2. The first kappa shape index (κ1) is 17.5. The van der Waals surface area contributed by atoms with Crippen molar-refractivity contribution in [2.45, 2.75) is 45.3 Å². The van der Waals surface area contributed by atoms with Gasteiger partial charge in [0.15, 0.2) is 5.69 Å². The zero-order valence-electron chi connectivity index (χ0n) is 14.1. The molecular weight excluding hydrogens is 338 g/mol. The van der Waals surface area contributed by atoms with Crippen molar-refractivity contribution in [2.75, 3.05) is 13.7 Å². The van der Waals surface area contributed by atoms with Gasteiger partial charge in [-0.15, -0.1) is 10.2 Å². The maximum Gasteiger partial charge on any atom is 0.277 e. The first-order valence-electron chi connectivity index (χ1n) is 7.81. The molecule has 10 heteroatoms. The number of ether oxygens (including phenoxy) is 1. The SMILES string of the molecule is CCc1nnc([C@@H]2CC(F)(F)CN2C(=O)c2noc(C)c2COC)o1. The molecule has 3 rings (SSSR count). The summed E-state index contributed by atoms with van der Waals surface area (Å²) in [5.41, 5.74) is 0.388. The minimum atomic E-state index is -3.05. The molecule has 3 heterocycles. The predicted octanol–water partition coefficient (Wildman–Crippen LogP) is 2.30. The van der Waals surface area contributed by atoms with Crippen LogP contribution in [0, 0.1) is 6.92 Å². The lowest BCUT2D eigenvalue weighted by Crippen LogP contribution is -2.34. The van der Waals surface area contributed by atoms with Crippen LogP contribution in [0.2, 0.25) is 0 Å². The van der Waals surface area contributed by atoms with E-state index < -0.39 is 30.8 Å². The summed E-state index contributed by atoms with van der Waals surface area (Å²) in [6.45, 7) is 2.77. The molecule has 1 aliphatic heterocycles. The van der Waals surface area contributed by atoms with Crippen LogP contribution in [0.5, 0.6) is 0 Å². The zero-order valence-corrected chi connectivity index (χ0v) is 14.1. The van der Waals surface area contributed by atoms with Gasteiger partial charge in [-0.3, -0.25) is 4.79 Å². The molecule has 1 aliphatic rings. The number of aryl methyl sites for hydroxylation is 2. The molecule has 0 aromatic carbocycles. The van der Waals surface area contributed by atoms with Crippen LogP contribution in [-0.4, -0.2) is 45.7 Å². The highest BCUT2D eigenvalue weighted by Gasteiger charge is 2.50. The average Bonchev–Trinajstić information content (AvgIpc) is 3.25. The summed E-state index contributed by atoms with van der Waals surface area (Å²) >= 11 is 0. The van der Waals surface area contributed by atoms with Gasteiger partial charge in [0.25, 0.3) is 11.8 Å². The fraction of sp³-hybridized carbons (Fsp3) is 0.600. The van der Waals surface area contributed by atoms with E-state index >= 15 is 0 Å². The van der Waals surface area contributed by atoms with E-state index in [1.807, 2.05) is 0 Å². The molecule has 25 heavy (non-hydrogen) atoms. The van der Waals surface area contributed by atoms with Gasteiger partial charge in [0.1, 0.15) is 11.8 Å². The summed E-state index contributed by atoms with van der Waals surface area (Å²) in [7, 11) is 1.46. The number of carbonyl (C=O) groups is 1. The highest BCUT2D eigenvalue weighted by molar-refractivity contribution is 5.94. The number of methoxy groups -OCH3 is 1. The van der Waals surface area contributed by atoms with Gasteiger partial charge in [-0.05, 0) is 6.92 Å². The van der Waals surface area contributed by atoms with Crippen LogP contribution in [0.25, 0.3) is 0 Å². The molecule has 2 aromatic heterocycles. The number of likely N-dealkylation sites (tertiary alicyclic amines) is 1. The number of amides is 1. The summed E-state index contributed by atoms with van der Waals surface area (Å²) in [6.07, 6.45) is -0.106. The molecule has 0 bridgehead atoms. The lowest BCUT2D eigenvalue weighted by atomic mass is 10.1. The summed E-state index contributed by atoms with van der Waals surface area (Å²) in [4.78, 5) is 13.8. The van der Waals surface area contributed by atoms with E-state index in [0.29, 0.717) is 23.6 Å². The third kappa shape index (κ3) is 3.26. The van der Waals surface area contributed by atoms with Gasteiger partial charge in [-0.1, -0.05) is 12.1 Å². The van der Waals surface area contributed by atoms with Crippen LogP contribution in [0.4, 0.5) is 8.78 Å². The Hall–Kier alpha value is -2.36. The molecule has 1 amide bonds. The summed E-state index contributed by atoms with van der Waals surface area (Å²) in [5, 5.41) is 11.3. The Bertz CT molecular complexity index is 773. The molecule has 8 nitrogen and oxygen atoms in total. The Balaban J connectivity index is 1.94. The van der Waals surface area contributed by atoms with Crippen molar-refractivity contribution in [3.8, 4) is 0 Å². The Morgan fingerprint density at radius 1 is 1.44 bits per heavy atom. The van der Waals surface area contributed by atoms with Gasteiger partial charge in [0.05, 0.1) is 18.7 Å². The van der Waals surface area contributed by atoms with E-state index in [1.165, 1.54) is 7.11 Å². The number of carbonyl (C=O) groups excluding carboxylic acids is 1. The van der Waals surface area contributed by atoms with E-state index in [9.17, 15) is 13.6 Å². The van der Waals surface area contributed by atoms with E-state index in [-0.39, 0.29) is 18.2 Å². The second-order valence-corrected chi connectivity index (χ2v) is 5.90. The monoisotopic (exact) mass is 356 g/mol. The van der Waals surface area contributed by atoms with Gasteiger partial charge in [0, 0.05) is 20.0 Å². The first-order valence-corrected chi connectivity index (χ1v) is 7.81. The van der Waals surface area contributed by atoms with Gasteiger partial charge in [0.2, 0.25) is 11.8 Å². The van der Waals surface area contributed by atoms with Crippen LogP contribution in [-0.2, 0) is 17.8 Å². The maximum absolute atomic E-state index is 14.0. The van der Waals surface area contributed by atoms with E-state index in [1.54, 1.807) is 13.8 Å². The number of rotatable bonds is 5. The van der Waals surface area contributed by atoms with Crippen LogP contribution in [0.3, 0.4) is 0 Å². The van der Waals surface area contributed by atoms with Crippen LogP contribution >= 0.6 is 0 Å². The van der Waals surface area contributed by atoms with Crippen molar-refractivity contribution in [2.24, 2.45) is 0 Å². The lowest BCUT2D eigenvalue weighted by molar-refractivity contribution is 0.0115. The van der Waals surface area contributed by atoms with Gasteiger partial charge in [-0.2, -0.15) is 0 Å². The molecule has 1 atom stereocenters. The normalized spacial score (nSPS) is 19.6. The Morgan fingerprint density at radius 3 is 2.84 bits per heavy atom. The fourth-order valence-corrected chi connectivity index (χ4v) is 2.80. The topological polar surface area (TPSA) is 94.5 Å². The molecule has 136 valence electrons. The zero-order chi connectivity index (χ0) is 18.2. The Morgan fingerprint density at radius 2 is 2.20 bits per heavy atom. The standard InChI is InChI=1S/C15H18F2N4O4/c1-4-11-18-19-13(24-11)10-5-15(16,17)7-21(10)14(22)12-9(6-23-3)8(2)25-20-12/h10H,4-7H2,1-3H3/t10-/m0/s1. The number of nitrogens with zero attached hydrogens (tertiary/aromatic N) is 4. The predicted molar refractivity (Wildman–Crippen MR) is 79.0 cm³/mol. The third-order valence-electron chi connectivity index (χ3n) is 4.08. The molecular formula is C15H18F2N4O4.